The van der Waals surface area contributed by atoms with Gasteiger partial charge in [0.05, 0.1) is 0 Å². The van der Waals surface area contributed by atoms with Gasteiger partial charge >= 0.3 is 0 Å². The Morgan fingerprint density at radius 2 is 1.95 bits per heavy atom. The summed E-state index contributed by atoms with van der Waals surface area (Å²) in [5, 5.41) is 27.8. The van der Waals surface area contributed by atoms with Crippen LogP contribution in [0.4, 0.5) is 0 Å². The van der Waals surface area contributed by atoms with E-state index in [0.29, 0.717) is 5.89 Å². The SMILES string of the molecule is N#CC(C#N)=NOCc1nnc(-c2ccccc2)o1. The maximum absolute atomic E-state index is 8.44. The zero-order valence-corrected chi connectivity index (χ0v) is 9.65. The third-order valence-electron chi connectivity index (χ3n) is 2.04. The van der Waals surface area contributed by atoms with Crippen LogP contribution in [0.1, 0.15) is 5.89 Å². The topological polar surface area (TPSA) is 108 Å². The van der Waals surface area contributed by atoms with Crippen LogP contribution in [0, 0.1) is 22.7 Å². The van der Waals surface area contributed by atoms with Crippen molar-refractivity contribution in [3.63, 3.8) is 0 Å². The van der Waals surface area contributed by atoms with Crippen molar-refractivity contribution in [2.24, 2.45) is 5.16 Å². The number of benzene rings is 1. The maximum atomic E-state index is 8.44. The molecule has 0 spiro atoms. The number of hydrogen-bond acceptors (Lipinski definition) is 7. The highest BCUT2D eigenvalue weighted by Crippen LogP contribution is 2.17. The Morgan fingerprint density at radius 1 is 1.21 bits per heavy atom. The Kier molecular flexibility index (Phi) is 3.84. The summed E-state index contributed by atoms with van der Waals surface area (Å²) >= 11 is 0. The fraction of sp³-hybridized carbons (Fsp3) is 0.0833. The second kappa shape index (κ2) is 5.94. The molecular formula is C12H7N5O2. The van der Waals surface area contributed by atoms with Crippen LogP contribution in [0.5, 0.6) is 0 Å². The summed E-state index contributed by atoms with van der Waals surface area (Å²) in [4.78, 5) is 4.76. The Labute approximate surface area is 108 Å². The van der Waals surface area contributed by atoms with E-state index in [2.05, 4.69) is 15.4 Å². The summed E-state index contributed by atoms with van der Waals surface area (Å²) < 4.78 is 5.34. The molecule has 19 heavy (non-hydrogen) atoms. The number of hydrogen-bond donors (Lipinski definition) is 0. The summed E-state index contributed by atoms with van der Waals surface area (Å²) in [7, 11) is 0. The molecule has 0 atom stereocenters. The molecule has 0 aliphatic carbocycles. The monoisotopic (exact) mass is 253 g/mol. The van der Waals surface area contributed by atoms with Crippen molar-refractivity contribution in [2.45, 2.75) is 6.61 Å². The van der Waals surface area contributed by atoms with E-state index in [9.17, 15) is 0 Å². The molecule has 0 aliphatic rings. The van der Waals surface area contributed by atoms with E-state index >= 15 is 0 Å². The van der Waals surface area contributed by atoms with Crippen LogP contribution in [0.3, 0.4) is 0 Å². The lowest BCUT2D eigenvalue weighted by Crippen LogP contribution is -1.93. The standard InChI is InChI=1S/C12H7N5O2/c13-6-10(7-14)17-18-8-11-15-16-12(19-11)9-4-2-1-3-5-9/h1-5H,8H2. The van der Waals surface area contributed by atoms with Gasteiger partial charge in [-0.25, -0.2) is 0 Å². The van der Waals surface area contributed by atoms with Crippen LogP contribution in [-0.2, 0) is 11.4 Å². The van der Waals surface area contributed by atoms with E-state index < -0.39 is 0 Å². The van der Waals surface area contributed by atoms with Gasteiger partial charge < -0.3 is 9.25 Å². The Hall–Kier alpha value is -3.19. The molecule has 0 bridgehead atoms. The van der Waals surface area contributed by atoms with Crippen LogP contribution >= 0.6 is 0 Å². The first-order chi connectivity index (χ1) is 9.33. The van der Waals surface area contributed by atoms with Gasteiger partial charge in [0, 0.05) is 5.56 Å². The largest absolute Gasteiger partial charge is 0.417 e. The number of nitriles is 2. The first-order valence-corrected chi connectivity index (χ1v) is 5.21. The number of rotatable bonds is 4. The van der Waals surface area contributed by atoms with Gasteiger partial charge in [-0.3, -0.25) is 0 Å². The molecule has 0 aliphatic heterocycles. The second-order valence-electron chi connectivity index (χ2n) is 3.30. The summed E-state index contributed by atoms with van der Waals surface area (Å²) in [6.45, 7) is -0.104. The summed E-state index contributed by atoms with van der Waals surface area (Å²) in [5.74, 6) is 0.571. The van der Waals surface area contributed by atoms with Crippen LogP contribution in [-0.4, -0.2) is 15.9 Å². The molecule has 1 aromatic carbocycles. The zero-order valence-electron chi connectivity index (χ0n) is 9.65. The molecular weight excluding hydrogens is 246 g/mol. The number of oxime groups is 1. The average Bonchev–Trinajstić information content (AvgIpc) is 2.93. The van der Waals surface area contributed by atoms with E-state index in [1.807, 2.05) is 30.3 Å². The molecule has 0 saturated carbocycles. The first-order valence-electron chi connectivity index (χ1n) is 5.21. The minimum Gasteiger partial charge on any atom is -0.417 e. The van der Waals surface area contributed by atoms with E-state index in [-0.39, 0.29) is 18.2 Å². The van der Waals surface area contributed by atoms with Crippen molar-refractivity contribution in [2.75, 3.05) is 0 Å². The van der Waals surface area contributed by atoms with E-state index in [0.717, 1.165) is 5.56 Å². The van der Waals surface area contributed by atoms with Crippen molar-refractivity contribution in [3.8, 4) is 23.6 Å². The van der Waals surface area contributed by atoms with Crippen molar-refractivity contribution in [1.82, 2.24) is 10.2 Å². The molecule has 0 radical (unpaired) electrons. The normalized spacial score (nSPS) is 9.16. The average molecular weight is 253 g/mol. The third-order valence-corrected chi connectivity index (χ3v) is 2.04. The lowest BCUT2D eigenvalue weighted by Gasteiger charge is -1.93. The van der Waals surface area contributed by atoms with Crippen LogP contribution in [0.15, 0.2) is 39.9 Å². The molecule has 1 heterocycles. The molecule has 1 aromatic heterocycles. The van der Waals surface area contributed by atoms with Gasteiger partial charge in [-0.15, -0.1) is 10.2 Å². The first kappa shape index (κ1) is 12.3. The van der Waals surface area contributed by atoms with E-state index in [4.69, 9.17) is 19.8 Å². The van der Waals surface area contributed by atoms with Crippen molar-refractivity contribution < 1.29 is 9.25 Å². The Morgan fingerprint density at radius 3 is 2.63 bits per heavy atom. The predicted molar refractivity (Wildman–Crippen MR) is 63.2 cm³/mol. The van der Waals surface area contributed by atoms with Gasteiger partial charge in [0.2, 0.25) is 5.89 Å². The van der Waals surface area contributed by atoms with E-state index in [1.54, 1.807) is 12.1 Å². The van der Waals surface area contributed by atoms with Gasteiger partial charge in [-0.2, -0.15) is 10.5 Å². The molecule has 0 amide bonds. The molecule has 2 aromatic rings. The Balaban J connectivity index is 2.02. The second-order valence-corrected chi connectivity index (χ2v) is 3.30. The summed E-state index contributed by atoms with van der Waals surface area (Å²) in [5.41, 5.74) is 0.419. The van der Waals surface area contributed by atoms with Crippen molar-refractivity contribution >= 4 is 5.71 Å². The highest BCUT2D eigenvalue weighted by Gasteiger charge is 2.08. The van der Waals surface area contributed by atoms with Gasteiger partial charge in [-0.1, -0.05) is 23.4 Å². The van der Waals surface area contributed by atoms with Crippen molar-refractivity contribution in [3.05, 3.63) is 36.2 Å². The summed E-state index contributed by atoms with van der Waals surface area (Å²) in [6.07, 6.45) is 0. The molecule has 7 heteroatoms. The van der Waals surface area contributed by atoms with Crippen LogP contribution < -0.4 is 0 Å². The molecule has 92 valence electrons. The maximum Gasteiger partial charge on any atom is 0.257 e. The zero-order chi connectivity index (χ0) is 13.5. The predicted octanol–water partition coefficient (Wildman–Crippen LogP) is 1.66. The number of nitrogens with zero attached hydrogens (tertiary/aromatic N) is 5. The molecule has 2 rings (SSSR count). The highest BCUT2D eigenvalue weighted by molar-refractivity contribution is 6.09. The van der Waals surface area contributed by atoms with Gasteiger partial charge in [0.15, 0.2) is 6.61 Å². The lowest BCUT2D eigenvalue weighted by molar-refractivity contribution is 0.112. The van der Waals surface area contributed by atoms with Gasteiger partial charge in [0.25, 0.3) is 11.6 Å². The van der Waals surface area contributed by atoms with Crippen LogP contribution in [0.2, 0.25) is 0 Å². The minimum atomic E-state index is -0.372. The summed E-state index contributed by atoms with van der Waals surface area (Å²) in [6, 6.07) is 12.4. The fourth-order valence-electron chi connectivity index (χ4n) is 1.23. The minimum absolute atomic E-state index is 0.104. The smallest absolute Gasteiger partial charge is 0.257 e. The molecule has 0 saturated heterocycles. The highest BCUT2D eigenvalue weighted by atomic mass is 16.6. The van der Waals surface area contributed by atoms with E-state index in [1.165, 1.54) is 0 Å². The van der Waals surface area contributed by atoms with Crippen molar-refractivity contribution in [1.29, 1.82) is 10.5 Å². The molecule has 7 nitrogen and oxygen atoms in total. The Bertz CT molecular complexity index is 647. The van der Waals surface area contributed by atoms with Crippen LogP contribution in [0.25, 0.3) is 11.5 Å². The number of aromatic nitrogens is 2. The fourth-order valence-corrected chi connectivity index (χ4v) is 1.23. The third kappa shape index (κ3) is 3.14. The molecule has 0 fully saturated rings. The lowest BCUT2D eigenvalue weighted by atomic mass is 10.2. The van der Waals surface area contributed by atoms with Gasteiger partial charge in [0.1, 0.15) is 12.1 Å². The quantitative estimate of drug-likeness (QED) is 0.605. The molecule has 0 unspecified atom stereocenters. The molecule has 0 N–H and O–H groups in total. The van der Waals surface area contributed by atoms with Gasteiger partial charge in [-0.05, 0) is 12.1 Å².